The average Bonchev–Trinajstić information content (AvgIpc) is 2.94. The van der Waals surface area contributed by atoms with E-state index in [1.807, 2.05) is 60.7 Å². The maximum Gasteiger partial charge on any atom is 0.325 e. The van der Waals surface area contributed by atoms with E-state index in [-0.39, 0.29) is 5.78 Å². The molecular formula is C21H20O4. The number of benzene rings is 2. The van der Waals surface area contributed by atoms with Gasteiger partial charge in [0.15, 0.2) is 23.6 Å². The van der Waals surface area contributed by atoms with Gasteiger partial charge in [-0.25, -0.2) is 0 Å². The maximum atomic E-state index is 12.7. The molecule has 0 bridgehead atoms. The summed E-state index contributed by atoms with van der Waals surface area (Å²) in [6, 6.07) is 18.8. The molecule has 0 spiro atoms. The summed E-state index contributed by atoms with van der Waals surface area (Å²) in [4.78, 5) is 37.3. The fraction of sp³-hybridized carbons (Fsp3) is 0.286. The van der Waals surface area contributed by atoms with Gasteiger partial charge in [-0.1, -0.05) is 67.6 Å². The van der Waals surface area contributed by atoms with Crippen molar-refractivity contribution < 1.29 is 19.1 Å². The number of esters is 1. The highest BCUT2D eigenvalue weighted by Gasteiger charge is 2.48. The van der Waals surface area contributed by atoms with Gasteiger partial charge < -0.3 is 4.74 Å². The summed E-state index contributed by atoms with van der Waals surface area (Å²) in [6.07, 6.45) is 0.197. The zero-order chi connectivity index (χ0) is 17.8. The minimum Gasteiger partial charge on any atom is -0.453 e. The van der Waals surface area contributed by atoms with Gasteiger partial charge in [0.2, 0.25) is 0 Å². The maximum absolute atomic E-state index is 12.7. The van der Waals surface area contributed by atoms with Gasteiger partial charge >= 0.3 is 5.97 Å². The molecule has 2 aromatic rings. The largest absolute Gasteiger partial charge is 0.453 e. The number of ether oxygens (including phenoxy) is 1. The number of ketones is 2. The van der Waals surface area contributed by atoms with Crippen molar-refractivity contribution in [3.05, 3.63) is 71.8 Å². The molecule has 3 atom stereocenters. The van der Waals surface area contributed by atoms with Gasteiger partial charge in [-0.05, 0) is 24.0 Å². The lowest BCUT2D eigenvalue weighted by Gasteiger charge is -2.12. The van der Waals surface area contributed by atoms with Crippen molar-refractivity contribution in [2.45, 2.75) is 31.8 Å². The van der Waals surface area contributed by atoms with E-state index in [4.69, 9.17) is 4.74 Å². The predicted octanol–water partition coefficient (Wildman–Crippen LogP) is 3.10. The minimum absolute atomic E-state index is 0.386. The summed E-state index contributed by atoms with van der Waals surface area (Å²) in [7, 11) is 0. The van der Waals surface area contributed by atoms with E-state index >= 15 is 0 Å². The Kier molecular flexibility index (Phi) is 5.08. The molecule has 0 amide bonds. The van der Waals surface area contributed by atoms with Crippen LogP contribution in [-0.2, 0) is 25.5 Å². The molecule has 0 aliphatic carbocycles. The number of hydrogen-bond donors (Lipinski definition) is 0. The van der Waals surface area contributed by atoms with Crippen molar-refractivity contribution in [2.24, 2.45) is 5.92 Å². The predicted molar refractivity (Wildman–Crippen MR) is 93.0 cm³/mol. The van der Waals surface area contributed by atoms with Crippen LogP contribution in [0.15, 0.2) is 60.7 Å². The Morgan fingerprint density at radius 3 is 2.24 bits per heavy atom. The summed E-state index contributed by atoms with van der Waals surface area (Å²) >= 11 is 0. The van der Waals surface area contributed by atoms with Gasteiger partial charge in [0.25, 0.3) is 0 Å². The van der Waals surface area contributed by atoms with Crippen LogP contribution in [0.25, 0.3) is 0 Å². The molecule has 128 valence electrons. The number of carbonyl (C=O) groups is 3. The monoisotopic (exact) mass is 336 g/mol. The summed E-state index contributed by atoms with van der Waals surface area (Å²) in [5, 5.41) is 0. The Morgan fingerprint density at radius 1 is 1.00 bits per heavy atom. The zero-order valence-electron chi connectivity index (χ0n) is 14.1. The van der Waals surface area contributed by atoms with Crippen LogP contribution in [-0.4, -0.2) is 23.6 Å². The van der Waals surface area contributed by atoms with Gasteiger partial charge in [-0.3, -0.25) is 14.4 Å². The summed E-state index contributed by atoms with van der Waals surface area (Å²) in [6.45, 7) is 1.72. The summed E-state index contributed by atoms with van der Waals surface area (Å²) in [5.74, 6) is -3.32. The Balaban J connectivity index is 1.67. The lowest BCUT2D eigenvalue weighted by molar-refractivity contribution is -0.147. The molecule has 0 radical (unpaired) electrons. The Labute approximate surface area is 146 Å². The van der Waals surface area contributed by atoms with Gasteiger partial charge in [0.1, 0.15) is 0 Å². The minimum atomic E-state index is -1.30. The summed E-state index contributed by atoms with van der Waals surface area (Å²) < 4.78 is 5.21. The highest BCUT2D eigenvalue weighted by Crippen LogP contribution is 2.28. The molecule has 1 fully saturated rings. The Bertz CT molecular complexity index is 767. The standard InChI is InChI=1S/C21H20O4/c1-14(16-10-6-3-7-11-16)19(22)18-20(23)17(25-21(18)24)13-12-15-8-4-2-5-9-15/h2-11,14,17-18H,12-13H2,1H3/t14-,17+,18?/m1/s1. The van der Waals surface area contributed by atoms with E-state index in [2.05, 4.69) is 0 Å². The van der Waals surface area contributed by atoms with Crippen molar-refractivity contribution in [2.75, 3.05) is 0 Å². The molecule has 0 saturated carbocycles. The molecule has 3 rings (SSSR count). The van der Waals surface area contributed by atoms with E-state index in [9.17, 15) is 14.4 Å². The third kappa shape index (κ3) is 3.68. The molecule has 4 nitrogen and oxygen atoms in total. The van der Waals surface area contributed by atoms with Crippen molar-refractivity contribution >= 4 is 17.5 Å². The first-order chi connectivity index (χ1) is 12.1. The molecular weight excluding hydrogens is 316 g/mol. The van der Waals surface area contributed by atoms with Gasteiger partial charge in [0.05, 0.1) is 0 Å². The van der Waals surface area contributed by atoms with Crippen LogP contribution < -0.4 is 0 Å². The molecule has 1 aliphatic heterocycles. The molecule has 1 unspecified atom stereocenters. The molecule has 0 aromatic heterocycles. The number of aryl methyl sites for hydroxylation is 1. The van der Waals surface area contributed by atoms with Crippen molar-refractivity contribution in [3.63, 3.8) is 0 Å². The highest BCUT2D eigenvalue weighted by atomic mass is 16.6. The molecule has 0 N–H and O–H groups in total. The SMILES string of the molecule is C[C@@H](C(=O)C1C(=O)O[C@@H](CCc2ccccc2)C1=O)c1ccccc1. The second kappa shape index (κ2) is 7.43. The third-order valence-electron chi connectivity index (χ3n) is 4.64. The van der Waals surface area contributed by atoms with Crippen LogP contribution in [0.5, 0.6) is 0 Å². The van der Waals surface area contributed by atoms with Crippen LogP contribution >= 0.6 is 0 Å². The fourth-order valence-electron chi connectivity index (χ4n) is 3.12. The topological polar surface area (TPSA) is 60.4 Å². The quantitative estimate of drug-likeness (QED) is 0.601. The fourth-order valence-corrected chi connectivity index (χ4v) is 3.12. The lowest BCUT2D eigenvalue weighted by Crippen LogP contribution is -2.31. The summed E-state index contributed by atoms with van der Waals surface area (Å²) in [5.41, 5.74) is 1.86. The molecule has 2 aromatic carbocycles. The molecule has 1 aliphatic rings. The van der Waals surface area contributed by atoms with Crippen LogP contribution in [0, 0.1) is 5.92 Å². The van der Waals surface area contributed by atoms with Crippen molar-refractivity contribution in [1.29, 1.82) is 0 Å². The van der Waals surface area contributed by atoms with Crippen LogP contribution in [0.2, 0.25) is 0 Å². The van der Waals surface area contributed by atoms with Crippen molar-refractivity contribution in [3.8, 4) is 0 Å². The second-order valence-electron chi connectivity index (χ2n) is 6.32. The van der Waals surface area contributed by atoms with Gasteiger partial charge in [0, 0.05) is 5.92 Å². The van der Waals surface area contributed by atoms with Gasteiger partial charge in [-0.15, -0.1) is 0 Å². The number of cyclic esters (lactones) is 1. The number of Topliss-reactive ketones (excluding diaryl/α,β-unsaturated/α-hetero) is 2. The first kappa shape index (κ1) is 17.1. The van der Waals surface area contributed by atoms with Crippen LogP contribution in [0.1, 0.15) is 30.4 Å². The average molecular weight is 336 g/mol. The second-order valence-corrected chi connectivity index (χ2v) is 6.32. The van der Waals surface area contributed by atoms with Crippen molar-refractivity contribution in [1.82, 2.24) is 0 Å². The molecule has 25 heavy (non-hydrogen) atoms. The van der Waals surface area contributed by atoms with Gasteiger partial charge in [-0.2, -0.15) is 0 Å². The molecule has 1 saturated heterocycles. The highest BCUT2D eigenvalue weighted by molar-refractivity contribution is 6.23. The first-order valence-electron chi connectivity index (χ1n) is 8.44. The number of carbonyl (C=O) groups excluding carboxylic acids is 3. The Morgan fingerprint density at radius 2 is 1.60 bits per heavy atom. The number of hydrogen-bond acceptors (Lipinski definition) is 4. The Hall–Kier alpha value is -2.75. The van der Waals surface area contributed by atoms with E-state index < -0.39 is 29.7 Å². The smallest absolute Gasteiger partial charge is 0.325 e. The zero-order valence-corrected chi connectivity index (χ0v) is 14.1. The normalized spacial score (nSPS) is 21.0. The first-order valence-corrected chi connectivity index (χ1v) is 8.44. The molecule has 4 heteroatoms. The van der Waals surface area contributed by atoms with E-state index in [1.165, 1.54) is 0 Å². The van der Waals surface area contributed by atoms with E-state index in [0.29, 0.717) is 12.8 Å². The van der Waals surface area contributed by atoms with Crippen LogP contribution in [0.3, 0.4) is 0 Å². The number of rotatable bonds is 6. The lowest BCUT2D eigenvalue weighted by atomic mass is 9.86. The molecule has 1 heterocycles. The van der Waals surface area contributed by atoms with Crippen LogP contribution in [0.4, 0.5) is 0 Å². The van der Waals surface area contributed by atoms with E-state index in [0.717, 1.165) is 11.1 Å². The van der Waals surface area contributed by atoms with E-state index in [1.54, 1.807) is 6.92 Å². The third-order valence-corrected chi connectivity index (χ3v) is 4.64.